The van der Waals surface area contributed by atoms with Gasteiger partial charge in [-0.25, -0.2) is 9.97 Å². The Balaban J connectivity index is 1.37. The summed E-state index contributed by atoms with van der Waals surface area (Å²) in [5.74, 6) is 0.900. The van der Waals surface area contributed by atoms with Gasteiger partial charge in [0.25, 0.3) is 0 Å². The van der Waals surface area contributed by atoms with Gasteiger partial charge in [0.2, 0.25) is 5.95 Å². The zero-order chi connectivity index (χ0) is 15.0. The Morgan fingerprint density at radius 1 is 0.864 bits per heavy atom. The molecule has 0 amide bonds. The molecule has 0 atom stereocenters. The van der Waals surface area contributed by atoms with Gasteiger partial charge in [-0.2, -0.15) is 0 Å². The number of hydrogen-bond acceptors (Lipinski definition) is 5. The zero-order valence-corrected chi connectivity index (χ0v) is 13.6. The van der Waals surface area contributed by atoms with E-state index in [0.717, 1.165) is 38.7 Å². The summed E-state index contributed by atoms with van der Waals surface area (Å²) >= 11 is 0. The highest BCUT2D eigenvalue weighted by Gasteiger charge is 2.13. The molecule has 5 nitrogen and oxygen atoms in total. The average Bonchev–Trinajstić information content (AvgIpc) is 2.61. The van der Waals surface area contributed by atoms with Gasteiger partial charge in [0, 0.05) is 50.7 Å². The van der Waals surface area contributed by atoms with Gasteiger partial charge in [0.05, 0.1) is 0 Å². The molecule has 2 aliphatic heterocycles. The van der Waals surface area contributed by atoms with Crippen molar-refractivity contribution in [3.63, 3.8) is 0 Å². The third-order valence-electron chi connectivity index (χ3n) is 4.71. The van der Waals surface area contributed by atoms with Gasteiger partial charge in [0.15, 0.2) is 0 Å². The Kier molecular flexibility index (Phi) is 6.02. The minimum Gasteiger partial charge on any atom is -0.341 e. The van der Waals surface area contributed by atoms with Crippen LogP contribution in [-0.2, 0) is 6.54 Å². The van der Waals surface area contributed by atoms with Crippen LogP contribution < -0.4 is 10.2 Å². The van der Waals surface area contributed by atoms with Crippen LogP contribution in [0.25, 0.3) is 0 Å². The molecule has 0 aliphatic carbocycles. The van der Waals surface area contributed by atoms with Crippen LogP contribution in [0.5, 0.6) is 0 Å². The summed E-state index contributed by atoms with van der Waals surface area (Å²) in [5.41, 5.74) is 1.18. The first-order valence-electron chi connectivity index (χ1n) is 8.91. The first-order valence-corrected chi connectivity index (χ1v) is 8.91. The monoisotopic (exact) mass is 303 g/mol. The first kappa shape index (κ1) is 15.7. The number of aromatic nitrogens is 2. The van der Waals surface area contributed by atoms with Crippen molar-refractivity contribution >= 4 is 5.95 Å². The van der Waals surface area contributed by atoms with E-state index in [0.29, 0.717) is 0 Å². The molecule has 0 spiro atoms. The quantitative estimate of drug-likeness (QED) is 0.815. The second-order valence-electron chi connectivity index (χ2n) is 6.52. The van der Waals surface area contributed by atoms with E-state index < -0.39 is 0 Å². The Bertz CT molecular complexity index is 421. The van der Waals surface area contributed by atoms with E-state index in [-0.39, 0.29) is 0 Å². The van der Waals surface area contributed by atoms with E-state index in [9.17, 15) is 0 Å². The van der Waals surface area contributed by atoms with Crippen molar-refractivity contribution in [2.45, 2.75) is 45.1 Å². The van der Waals surface area contributed by atoms with Gasteiger partial charge in [-0.15, -0.1) is 0 Å². The molecule has 2 saturated heterocycles. The van der Waals surface area contributed by atoms with Gasteiger partial charge in [0.1, 0.15) is 0 Å². The fourth-order valence-electron chi connectivity index (χ4n) is 3.35. The molecular weight excluding hydrogens is 274 g/mol. The highest BCUT2D eigenvalue weighted by Crippen LogP contribution is 2.14. The molecule has 1 aromatic heterocycles. The van der Waals surface area contributed by atoms with Crippen LogP contribution >= 0.6 is 0 Å². The maximum atomic E-state index is 4.54. The summed E-state index contributed by atoms with van der Waals surface area (Å²) in [6.45, 7) is 7.83. The minimum absolute atomic E-state index is 0.869. The van der Waals surface area contributed by atoms with Crippen molar-refractivity contribution in [3.8, 4) is 0 Å². The number of nitrogens with one attached hydrogen (secondary N) is 1. The summed E-state index contributed by atoms with van der Waals surface area (Å²) in [6, 6.07) is 0. The van der Waals surface area contributed by atoms with Gasteiger partial charge >= 0.3 is 0 Å². The second kappa shape index (κ2) is 8.44. The summed E-state index contributed by atoms with van der Waals surface area (Å²) in [5, 5.41) is 3.51. The lowest BCUT2D eigenvalue weighted by Crippen LogP contribution is -2.35. The van der Waals surface area contributed by atoms with Gasteiger partial charge < -0.3 is 15.1 Å². The van der Waals surface area contributed by atoms with Crippen molar-refractivity contribution in [2.75, 3.05) is 44.2 Å². The van der Waals surface area contributed by atoms with Gasteiger partial charge in [-0.1, -0.05) is 6.42 Å². The fourth-order valence-corrected chi connectivity index (χ4v) is 3.35. The van der Waals surface area contributed by atoms with E-state index in [1.807, 2.05) is 12.4 Å². The standard InChI is InChI=1S/C17H29N5/c1-3-8-21(9-4-1)12-7-18-13-16-14-19-17(20-15-16)22-10-5-2-6-11-22/h14-15,18H,1-13H2. The lowest BCUT2D eigenvalue weighted by Gasteiger charge is -2.26. The molecule has 22 heavy (non-hydrogen) atoms. The van der Waals surface area contributed by atoms with Gasteiger partial charge in [-0.3, -0.25) is 0 Å². The van der Waals surface area contributed by atoms with Crippen molar-refractivity contribution < 1.29 is 0 Å². The largest absolute Gasteiger partial charge is 0.341 e. The number of likely N-dealkylation sites (tertiary alicyclic amines) is 1. The molecule has 122 valence electrons. The number of anilines is 1. The topological polar surface area (TPSA) is 44.3 Å². The SMILES string of the molecule is c1nc(N2CCCCC2)ncc1CNCCN1CCCCC1. The lowest BCUT2D eigenvalue weighted by molar-refractivity contribution is 0.229. The molecule has 3 rings (SSSR count). The van der Waals surface area contributed by atoms with Crippen LogP contribution in [0.3, 0.4) is 0 Å². The van der Waals surface area contributed by atoms with E-state index in [2.05, 4.69) is 25.1 Å². The van der Waals surface area contributed by atoms with Gasteiger partial charge in [-0.05, 0) is 45.2 Å². The molecule has 0 radical (unpaired) electrons. The molecule has 3 heterocycles. The average molecular weight is 303 g/mol. The highest BCUT2D eigenvalue weighted by molar-refractivity contribution is 5.30. The Morgan fingerprint density at radius 3 is 2.18 bits per heavy atom. The number of hydrogen-bond donors (Lipinski definition) is 1. The predicted molar refractivity (Wildman–Crippen MR) is 90.1 cm³/mol. The van der Waals surface area contributed by atoms with E-state index in [1.165, 1.54) is 57.2 Å². The zero-order valence-electron chi connectivity index (χ0n) is 13.6. The molecule has 1 aromatic rings. The first-order chi connectivity index (χ1) is 10.9. The van der Waals surface area contributed by atoms with Crippen LogP contribution in [0.4, 0.5) is 5.95 Å². The third-order valence-corrected chi connectivity index (χ3v) is 4.71. The number of rotatable bonds is 6. The van der Waals surface area contributed by atoms with Crippen molar-refractivity contribution in [1.29, 1.82) is 0 Å². The Labute approximate surface area is 134 Å². The van der Waals surface area contributed by atoms with Crippen LogP contribution in [0.1, 0.15) is 44.1 Å². The predicted octanol–water partition coefficient (Wildman–Crippen LogP) is 2.04. The summed E-state index contributed by atoms with van der Waals surface area (Å²) in [7, 11) is 0. The van der Waals surface area contributed by atoms with E-state index in [1.54, 1.807) is 0 Å². The maximum absolute atomic E-state index is 4.54. The molecule has 5 heteroatoms. The van der Waals surface area contributed by atoms with Crippen LogP contribution in [-0.4, -0.2) is 54.1 Å². The summed E-state index contributed by atoms with van der Waals surface area (Å²) in [4.78, 5) is 13.9. The third kappa shape index (κ3) is 4.65. The normalized spacial score (nSPS) is 20.3. The molecule has 2 aliphatic rings. The van der Waals surface area contributed by atoms with Crippen LogP contribution in [0.2, 0.25) is 0 Å². The molecule has 0 saturated carbocycles. The maximum Gasteiger partial charge on any atom is 0.225 e. The fraction of sp³-hybridized carbons (Fsp3) is 0.765. The molecule has 0 aromatic carbocycles. The lowest BCUT2D eigenvalue weighted by atomic mass is 10.1. The number of nitrogens with zero attached hydrogens (tertiary/aromatic N) is 4. The van der Waals surface area contributed by atoms with E-state index in [4.69, 9.17) is 0 Å². The van der Waals surface area contributed by atoms with Crippen molar-refractivity contribution in [3.05, 3.63) is 18.0 Å². The highest BCUT2D eigenvalue weighted by atomic mass is 15.2. The van der Waals surface area contributed by atoms with Crippen LogP contribution in [0.15, 0.2) is 12.4 Å². The minimum atomic E-state index is 0.869. The Hall–Kier alpha value is -1.20. The molecule has 1 N–H and O–H groups in total. The second-order valence-corrected chi connectivity index (χ2v) is 6.52. The number of piperidine rings is 2. The summed E-state index contributed by atoms with van der Waals surface area (Å²) in [6.07, 6.45) is 12.0. The molecule has 0 unspecified atom stereocenters. The molecule has 2 fully saturated rings. The van der Waals surface area contributed by atoms with Crippen LogP contribution in [0, 0.1) is 0 Å². The Morgan fingerprint density at radius 2 is 1.50 bits per heavy atom. The van der Waals surface area contributed by atoms with Crippen molar-refractivity contribution in [1.82, 2.24) is 20.2 Å². The molecular formula is C17H29N5. The summed E-state index contributed by atoms with van der Waals surface area (Å²) < 4.78 is 0. The van der Waals surface area contributed by atoms with Crippen molar-refractivity contribution in [2.24, 2.45) is 0 Å². The molecule has 0 bridgehead atoms. The smallest absolute Gasteiger partial charge is 0.225 e. The van der Waals surface area contributed by atoms with E-state index >= 15 is 0 Å².